The zero-order valence-electron chi connectivity index (χ0n) is 11.7. The van der Waals surface area contributed by atoms with Crippen LogP contribution in [0.4, 0.5) is 4.39 Å². The molecule has 0 amide bonds. The maximum atomic E-state index is 13.7. The summed E-state index contributed by atoms with van der Waals surface area (Å²) in [6.07, 6.45) is 0.706. The summed E-state index contributed by atoms with van der Waals surface area (Å²) < 4.78 is 13.7. The minimum atomic E-state index is -0.644. The van der Waals surface area contributed by atoms with E-state index in [1.165, 1.54) is 12.1 Å². The summed E-state index contributed by atoms with van der Waals surface area (Å²) in [6.45, 7) is 0. The minimum Gasteiger partial charge on any atom is -0.507 e. The third-order valence-electron chi connectivity index (χ3n) is 4.20. The van der Waals surface area contributed by atoms with E-state index in [2.05, 4.69) is 0 Å². The normalized spacial score (nSPS) is 12.0. The van der Waals surface area contributed by atoms with E-state index in [1.54, 1.807) is 18.2 Å². The summed E-state index contributed by atoms with van der Waals surface area (Å²) >= 11 is 0. The number of aromatic hydroxyl groups is 2. The van der Waals surface area contributed by atoms with Gasteiger partial charge < -0.3 is 10.2 Å². The molecule has 1 aliphatic carbocycles. The van der Waals surface area contributed by atoms with Gasteiger partial charge in [-0.2, -0.15) is 0 Å². The Morgan fingerprint density at radius 1 is 0.818 bits per heavy atom. The van der Waals surface area contributed by atoms with E-state index in [1.807, 2.05) is 24.3 Å². The van der Waals surface area contributed by atoms with E-state index in [9.17, 15) is 14.6 Å². The lowest BCUT2D eigenvalue weighted by Crippen LogP contribution is -1.89. The van der Waals surface area contributed by atoms with Crippen LogP contribution in [0.3, 0.4) is 0 Å². The highest BCUT2D eigenvalue weighted by molar-refractivity contribution is 5.88. The van der Waals surface area contributed by atoms with Gasteiger partial charge in [0.15, 0.2) is 11.6 Å². The Morgan fingerprint density at radius 2 is 1.59 bits per heavy atom. The van der Waals surface area contributed by atoms with Crippen molar-refractivity contribution in [3.05, 3.63) is 71.5 Å². The average Bonchev–Trinajstić information content (AvgIpc) is 2.91. The first kappa shape index (κ1) is 12.9. The maximum absolute atomic E-state index is 13.7. The number of phenolic OH excluding ortho intramolecular Hbond substituents is 2. The first-order valence-electron chi connectivity index (χ1n) is 7.07. The first-order chi connectivity index (χ1) is 10.6. The zero-order valence-corrected chi connectivity index (χ0v) is 11.7. The largest absolute Gasteiger partial charge is 0.507 e. The molecule has 1 aliphatic rings. The van der Waals surface area contributed by atoms with Crippen molar-refractivity contribution in [2.45, 2.75) is 6.42 Å². The molecule has 4 rings (SSSR count). The van der Waals surface area contributed by atoms with E-state index in [0.717, 1.165) is 27.8 Å². The summed E-state index contributed by atoms with van der Waals surface area (Å²) in [5.41, 5.74) is 5.56. The van der Waals surface area contributed by atoms with Crippen molar-refractivity contribution in [1.29, 1.82) is 0 Å². The number of halogens is 1. The third-order valence-corrected chi connectivity index (χ3v) is 4.20. The van der Waals surface area contributed by atoms with Crippen LogP contribution >= 0.6 is 0 Å². The molecule has 3 aromatic carbocycles. The van der Waals surface area contributed by atoms with Gasteiger partial charge in [-0.3, -0.25) is 0 Å². The lowest BCUT2D eigenvalue weighted by molar-refractivity contribution is 0.432. The van der Waals surface area contributed by atoms with Crippen molar-refractivity contribution in [3.8, 4) is 33.8 Å². The Hall–Kier alpha value is -2.81. The van der Waals surface area contributed by atoms with Gasteiger partial charge in [-0.15, -0.1) is 0 Å². The number of benzene rings is 3. The second-order valence-corrected chi connectivity index (χ2v) is 5.49. The maximum Gasteiger partial charge on any atom is 0.165 e. The Kier molecular flexibility index (Phi) is 2.70. The van der Waals surface area contributed by atoms with Gasteiger partial charge in [0.25, 0.3) is 0 Å². The quantitative estimate of drug-likeness (QED) is 0.543. The van der Waals surface area contributed by atoms with Gasteiger partial charge >= 0.3 is 0 Å². The SMILES string of the molecule is Oc1ccc(-c2ccc(O)c3c2Cc2ccccc2-3)cc1F. The van der Waals surface area contributed by atoms with Crippen molar-refractivity contribution in [2.24, 2.45) is 0 Å². The van der Waals surface area contributed by atoms with Gasteiger partial charge in [0.05, 0.1) is 0 Å². The van der Waals surface area contributed by atoms with E-state index < -0.39 is 5.82 Å². The van der Waals surface area contributed by atoms with Crippen molar-refractivity contribution in [2.75, 3.05) is 0 Å². The van der Waals surface area contributed by atoms with Crippen molar-refractivity contribution in [1.82, 2.24) is 0 Å². The van der Waals surface area contributed by atoms with Crippen molar-refractivity contribution in [3.63, 3.8) is 0 Å². The van der Waals surface area contributed by atoms with Gasteiger partial charge in [0.2, 0.25) is 0 Å². The molecule has 0 radical (unpaired) electrons. The molecule has 0 spiro atoms. The molecule has 108 valence electrons. The molecule has 0 aromatic heterocycles. The number of hydrogen-bond acceptors (Lipinski definition) is 2. The molecule has 0 heterocycles. The summed E-state index contributed by atoms with van der Waals surface area (Å²) in [5, 5.41) is 19.6. The molecule has 3 aromatic rings. The van der Waals surface area contributed by atoms with Crippen LogP contribution in [-0.2, 0) is 6.42 Å². The van der Waals surface area contributed by atoms with Gasteiger partial charge in [-0.05, 0) is 52.4 Å². The molecular formula is C19H13FO2. The number of hydrogen-bond donors (Lipinski definition) is 2. The van der Waals surface area contributed by atoms with Crippen LogP contribution in [0.1, 0.15) is 11.1 Å². The standard InChI is InChI=1S/C19H13FO2/c20-16-10-12(5-7-17(16)21)13-6-8-18(22)19-14-4-2-1-3-11(14)9-15(13)19/h1-8,10,21-22H,9H2. The van der Waals surface area contributed by atoms with Gasteiger partial charge in [-0.25, -0.2) is 4.39 Å². The highest BCUT2D eigenvalue weighted by Gasteiger charge is 2.24. The molecule has 0 saturated carbocycles. The Balaban J connectivity index is 1.96. The van der Waals surface area contributed by atoms with Crippen LogP contribution in [0, 0.1) is 5.82 Å². The lowest BCUT2D eigenvalue weighted by Gasteiger charge is -2.11. The second-order valence-electron chi connectivity index (χ2n) is 5.49. The fourth-order valence-corrected chi connectivity index (χ4v) is 3.17. The monoisotopic (exact) mass is 292 g/mol. The Labute approximate surface area is 127 Å². The molecule has 0 unspecified atom stereocenters. The summed E-state index contributed by atoms with van der Waals surface area (Å²) in [7, 11) is 0. The second kappa shape index (κ2) is 4.60. The third kappa shape index (κ3) is 1.79. The molecule has 2 nitrogen and oxygen atoms in total. The van der Waals surface area contributed by atoms with Crippen LogP contribution in [0.25, 0.3) is 22.3 Å². The number of phenols is 2. The highest BCUT2D eigenvalue weighted by atomic mass is 19.1. The van der Waals surface area contributed by atoms with E-state index in [-0.39, 0.29) is 11.5 Å². The molecule has 3 heteroatoms. The zero-order chi connectivity index (χ0) is 15.3. The number of rotatable bonds is 1. The van der Waals surface area contributed by atoms with Gasteiger partial charge in [0, 0.05) is 5.56 Å². The fourth-order valence-electron chi connectivity index (χ4n) is 3.17. The molecule has 0 fully saturated rings. The average molecular weight is 292 g/mol. The Morgan fingerprint density at radius 3 is 2.41 bits per heavy atom. The van der Waals surface area contributed by atoms with Crippen LogP contribution in [-0.4, -0.2) is 10.2 Å². The van der Waals surface area contributed by atoms with E-state index >= 15 is 0 Å². The van der Waals surface area contributed by atoms with Crippen LogP contribution < -0.4 is 0 Å². The van der Waals surface area contributed by atoms with Crippen LogP contribution in [0.5, 0.6) is 11.5 Å². The summed E-state index contributed by atoms with van der Waals surface area (Å²) in [6, 6.07) is 15.7. The Bertz CT molecular complexity index is 900. The lowest BCUT2D eigenvalue weighted by atomic mass is 9.95. The molecule has 0 aliphatic heterocycles. The topological polar surface area (TPSA) is 40.5 Å². The van der Waals surface area contributed by atoms with Gasteiger partial charge in [0.1, 0.15) is 5.75 Å². The molecule has 0 saturated heterocycles. The summed E-state index contributed by atoms with van der Waals surface area (Å²) in [4.78, 5) is 0. The molecule has 22 heavy (non-hydrogen) atoms. The smallest absolute Gasteiger partial charge is 0.165 e. The van der Waals surface area contributed by atoms with Crippen LogP contribution in [0.2, 0.25) is 0 Å². The predicted molar refractivity (Wildman–Crippen MR) is 83.4 cm³/mol. The van der Waals surface area contributed by atoms with E-state index in [0.29, 0.717) is 12.0 Å². The molecule has 2 N–H and O–H groups in total. The predicted octanol–water partition coefficient (Wildman–Crippen LogP) is 4.48. The first-order valence-corrected chi connectivity index (χ1v) is 7.07. The molecule has 0 atom stereocenters. The van der Waals surface area contributed by atoms with Crippen molar-refractivity contribution < 1.29 is 14.6 Å². The summed E-state index contributed by atoms with van der Waals surface area (Å²) in [5.74, 6) is -0.764. The number of fused-ring (bicyclic) bond motifs is 3. The van der Waals surface area contributed by atoms with Crippen LogP contribution in [0.15, 0.2) is 54.6 Å². The minimum absolute atomic E-state index is 0.239. The fraction of sp³-hybridized carbons (Fsp3) is 0.0526. The molecule has 0 bridgehead atoms. The highest BCUT2D eigenvalue weighted by Crippen LogP contribution is 2.46. The molecular weight excluding hydrogens is 279 g/mol. The van der Waals surface area contributed by atoms with Crippen molar-refractivity contribution >= 4 is 0 Å². The van der Waals surface area contributed by atoms with Gasteiger partial charge in [-0.1, -0.05) is 36.4 Å². The van der Waals surface area contributed by atoms with E-state index in [4.69, 9.17) is 0 Å².